The van der Waals surface area contributed by atoms with Gasteiger partial charge in [-0.1, -0.05) is 43.5 Å². The Morgan fingerprint density at radius 2 is 1.55 bits per heavy atom. The normalized spacial score (nSPS) is 26.2. The highest BCUT2D eigenvalue weighted by atomic mass is 32.3. The van der Waals surface area contributed by atoms with Crippen LogP contribution in [0.25, 0.3) is 0 Å². The van der Waals surface area contributed by atoms with Crippen LogP contribution in [0, 0.1) is 0 Å². The van der Waals surface area contributed by atoms with E-state index < -0.39 is 9.16 Å². The topological polar surface area (TPSA) is 17.1 Å². The first-order valence-corrected chi connectivity index (χ1v) is 12.8. The zero-order valence-electron chi connectivity index (χ0n) is 14.3. The smallest absolute Gasteiger partial charge is 0.169 e. The molecule has 1 saturated heterocycles. The summed E-state index contributed by atoms with van der Waals surface area (Å²) in [5.74, 6) is 4.58. The molecule has 1 aromatic carbocycles. The number of ketones is 1. The summed E-state index contributed by atoms with van der Waals surface area (Å²) >= 11 is 0. The summed E-state index contributed by atoms with van der Waals surface area (Å²) in [6.07, 6.45) is 14.3. The molecular weight excluding hydrogens is 288 g/mol. The molecule has 0 unspecified atom stereocenters. The molecule has 0 N–H and O–H groups in total. The minimum absolute atomic E-state index is 0.389. The molecule has 1 aliphatic heterocycles. The number of thiol groups is 1. The van der Waals surface area contributed by atoms with E-state index in [1.54, 1.807) is 0 Å². The molecule has 1 saturated carbocycles. The third-order valence-electron chi connectivity index (χ3n) is 6.09. The lowest BCUT2D eigenvalue weighted by atomic mass is 9.84. The molecule has 3 rings (SSSR count). The van der Waals surface area contributed by atoms with Gasteiger partial charge in [0.25, 0.3) is 0 Å². The summed E-state index contributed by atoms with van der Waals surface area (Å²) in [4.78, 5) is 12.7. The van der Waals surface area contributed by atoms with Crippen molar-refractivity contribution >= 4 is 14.9 Å². The summed E-state index contributed by atoms with van der Waals surface area (Å²) in [5.41, 5.74) is 2.39. The monoisotopic (exact) mass is 320 g/mol. The van der Waals surface area contributed by atoms with Crippen molar-refractivity contribution in [3.8, 4) is 0 Å². The second-order valence-electron chi connectivity index (χ2n) is 8.71. The number of hydrogen-bond acceptors (Lipinski definition) is 1. The molecule has 1 aliphatic carbocycles. The first-order valence-electron chi connectivity index (χ1n) is 9.08. The molecule has 0 atom stereocenters. The fraction of sp³-hybridized carbons (Fsp3) is 0.650. The van der Waals surface area contributed by atoms with Crippen LogP contribution in [0.1, 0.15) is 66.8 Å². The van der Waals surface area contributed by atoms with Crippen LogP contribution in [0.3, 0.4) is 0 Å². The van der Waals surface area contributed by atoms with Crippen molar-refractivity contribution in [2.75, 3.05) is 29.8 Å². The van der Waals surface area contributed by atoms with Gasteiger partial charge in [0, 0.05) is 11.3 Å². The van der Waals surface area contributed by atoms with E-state index in [1.165, 1.54) is 62.0 Å². The van der Waals surface area contributed by atoms with Crippen molar-refractivity contribution in [3.63, 3.8) is 0 Å². The molecule has 0 amide bonds. The van der Waals surface area contributed by atoms with E-state index in [0.717, 1.165) is 17.2 Å². The minimum Gasteiger partial charge on any atom is -0.293 e. The van der Waals surface area contributed by atoms with Crippen molar-refractivity contribution in [2.24, 2.45) is 0 Å². The van der Waals surface area contributed by atoms with E-state index in [-0.39, 0.29) is 0 Å². The van der Waals surface area contributed by atoms with Crippen LogP contribution in [0.15, 0.2) is 24.3 Å². The summed E-state index contributed by atoms with van der Waals surface area (Å²) < 4.78 is 0. The zero-order valence-corrected chi connectivity index (χ0v) is 15.2. The first-order chi connectivity index (χ1) is 10.4. The molecule has 2 fully saturated rings. The molecular formula is C20H32OS. The molecule has 2 heteroatoms. The predicted octanol–water partition coefficient (Wildman–Crippen LogP) is 5.04. The summed E-state index contributed by atoms with van der Waals surface area (Å²) in [6, 6.07) is 8.65. The Hall–Kier alpha value is -0.760. The average Bonchev–Trinajstić information content (AvgIpc) is 2.89. The molecule has 0 spiro atoms. The third kappa shape index (κ3) is 3.59. The minimum atomic E-state index is -1.70. The Kier molecular flexibility index (Phi) is 4.42. The molecule has 124 valence electrons. The lowest BCUT2D eigenvalue weighted by Gasteiger charge is -2.51. The number of carbonyl (C=O) groups excluding carboxylic acids is 1. The number of benzene rings is 1. The van der Waals surface area contributed by atoms with Crippen LogP contribution >= 0.6 is 9.16 Å². The maximum atomic E-state index is 12.7. The highest BCUT2D eigenvalue weighted by Crippen LogP contribution is 2.67. The van der Waals surface area contributed by atoms with Gasteiger partial charge in [0.15, 0.2) is 5.78 Å². The van der Waals surface area contributed by atoms with Crippen molar-refractivity contribution in [1.29, 1.82) is 0 Å². The lowest BCUT2D eigenvalue weighted by Crippen LogP contribution is -2.26. The van der Waals surface area contributed by atoms with E-state index in [9.17, 15) is 4.79 Å². The molecule has 2 aliphatic rings. The first kappa shape index (κ1) is 16.1. The second kappa shape index (κ2) is 6.03. The van der Waals surface area contributed by atoms with Crippen LogP contribution in [-0.2, 0) is 0 Å². The van der Waals surface area contributed by atoms with Crippen molar-refractivity contribution in [3.05, 3.63) is 35.4 Å². The molecule has 22 heavy (non-hydrogen) atoms. The lowest BCUT2D eigenvalue weighted by molar-refractivity contribution is 0.102. The molecule has 0 bridgehead atoms. The van der Waals surface area contributed by atoms with E-state index in [4.69, 9.17) is 0 Å². The van der Waals surface area contributed by atoms with Gasteiger partial charge in [-0.3, -0.25) is 14.0 Å². The third-order valence-corrected chi connectivity index (χ3v) is 11.1. The van der Waals surface area contributed by atoms with E-state index in [0.29, 0.717) is 5.78 Å². The maximum absolute atomic E-state index is 12.7. The van der Waals surface area contributed by atoms with Crippen LogP contribution < -0.4 is 0 Å². The highest BCUT2D eigenvalue weighted by Gasteiger charge is 2.37. The van der Waals surface area contributed by atoms with Crippen LogP contribution in [0.5, 0.6) is 0 Å². The molecule has 0 aromatic heterocycles. The summed E-state index contributed by atoms with van der Waals surface area (Å²) in [5, 5.41) is 0. The largest absolute Gasteiger partial charge is 0.293 e. The summed E-state index contributed by atoms with van der Waals surface area (Å²) in [7, 11) is -1.70. The van der Waals surface area contributed by atoms with Crippen LogP contribution in [-0.4, -0.2) is 35.6 Å². The van der Waals surface area contributed by atoms with Crippen LogP contribution in [0.2, 0.25) is 0 Å². The van der Waals surface area contributed by atoms with Gasteiger partial charge in [0.05, 0.1) is 0 Å². The second-order valence-corrected chi connectivity index (χ2v) is 15.9. The van der Waals surface area contributed by atoms with Crippen molar-refractivity contribution in [1.82, 2.24) is 0 Å². The van der Waals surface area contributed by atoms with Gasteiger partial charge in [-0.25, -0.2) is 0 Å². The Morgan fingerprint density at radius 3 is 2.14 bits per heavy atom. The fourth-order valence-electron chi connectivity index (χ4n) is 4.53. The van der Waals surface area contributed by atoms with Crippen molar-refractivity contribution in [2.45, 2.75) is 50.9 Å². The standard InChI is InChI=1S/C20H32OS/c1-22(2,14-6-7-15-22)16-20(21)19-12-10-18(11-13-19)17-8-4-3-5-9-17/h10-13,17,22H,3-9,14-16H2,1-2H3. The van der Waals surface area contributed by atoms with Gasteiger partial charge in [-0.05, 0) is 61.2 Å². The van der Waals surface area contributed by atoms with Crippen LogP contribution in [0.4, 0.5) is 0 Å². The maximum Gasteiger partial charge on any atom is 0.169 e. The SMILES string of the molecule is C[SH]1(C)(CC(=O)c2ccc(C3CCCCC3)cc2)CCCC1. The molecule has 1 aromatic rings. The Morgan fingerprint density at radius 1 is 0.955 bits per heavy atom. The van der Waals surface area contributed by atoms with Gasteiger partial charge in [-0.2, -0.15) is 0 Å². The Balaban J connectivity index is 1.68. The van der Waals surface area contributed by atoms with E-state index in [1.807, 2.05) is 0 Å². The number of hydrogen-bond donors (Lipinski definition) is 1. The number of carbonyl (C=O) groups is 1. The van der Waals surface area contributed by atoms with Gasteiger partial charge < -0.3 is 0 Å². The Labute approximate surface area is 136 Å². The Bertz CT molecular complexity index is 527. The molecule has 1 heterocycles. The molecule has 0 radical (unpaired) electrons. The summed E-state index contributed by atoms with van der Waals surface area (Å²) in [6.45, 7) is 0. The van der Waals surface area contributed by atoms with Gasteiger partial charge >= 0.3 is 0 Å². The number of Topliss-reactive ketones (excluding diaryl/α,β-unsaturated/α-hetero) is 1. The number of rotatable bonds is 4. The fourth-order valence-corrected chi connectivity index (χ4v) is 8.84. The van der Waals surface area contributed by atoms with Gasteiger partial charge in [-0.15, -0.1) is 0 Å². The van der Waals surface area contributed by atoms with E-state index >= 15 is 0 Å². The van der Waals surface area contributed by atoms with E-state index in [2.05, 4.69) is 36.8 Å². The van der Waals surface area contributed by atoms with Gasteiger partial charge in [0.2, 0.25) is 0 Å². The zero-order chi connectivity index (χ0) is 15.7. The highest BCUT2D eigenvalue weighted by molar-refractivity contribution is 8.49. The average molecular weight is 321 g/mol. The predicted molar refractivity (Wildman–Crippen MR) is 101 cm³/mol. The van der Waals surface area contributed by atoms with Crippen molar-refractivity contribution < 1.29 is 4.79 Å². The quantitative estimate of drug-likeness (QED) is 0.607. The van der Waals surface area contributed by atoms with Gasteiger partial charge in [0.1, 0.15) is 0 Å². The molecule has 1 nitrogen and oxygen atoms in total.